The molecule has 2 unspecified atom stereocenters. The Hall–Kier alpha value is -3.38. The van der Waals surface area contributed by atoms with Crippen LogP contribution in [0.2, 0.25) is 0 Å². The molecule has 0 aliphatic carbocycles. The fourth-order valence-electron chi connectivity index (χ4n) is 2.19. The zero-order valence-corrected chi connectivity index (χ0v) is 13.3. The molecule has 0 radical (unpaired) electrons. The third-order valence-electron chi connectivity index (χ3n) is 3.49. The number of hydrogen-bond donors (Lipinski definition) is 3. The van der Waals surface area contributed by atoms with Crippen LogP contribution in [0.1, 0.15) is 11.7 Å². The maximum atomic E-state index is 12.0. The Morgan fingerprint density at radius 2 is 1.85 bits per heavy atom. The molecular formula is C14H15N5O7. The molecule has 0 bridgehead atoms. The summed E-state index contributed by atoms with van der Waals surface area (Å²) in [4.78, 5) is 31.9. The molecule has 1 amide bonds. The molecule has 26 heavy (non-hydrogen) atoms. The van der Waals surface area contributed by atoms with Crippen molar-refractivity contribution >= 4 is 17.4 Å². The molecule has 1 aromatic carbocycles. The van der Waals surface area contributed by atoms with Gasteiger partial charge >= 0.3 is 5.82 Å². The number of nitrogens with zero attached hydrogens (tertiary/aromatic N) is 4. The van der Waals surface area contributed by atoms with Crippen molar-refractivity contribution in [1.82, 2.24) is 15.1 Å². The number of nitrogens with one attached hydrogen (secondary N) is 1. The fourth-order valence-corrected chi connectivity index (χ4v) is 2.19. The minimum absolute atomic E-state index is 0.161. The zero-order valence-electron chi connectivity index (χ0n) is 13.3. The molecule has 0 saturated heterocycles. The maximum Gasteiger partial charge on any atom is 0.389 e. The van der Waals surface area contributed by atoms with Gasteiger partial charge in [-0.2, -0.15) is 4.68 Å². The summed E-state index contributed by atoms with van der Waals surface area (Å²) in [6.45, 7) is -0.944. The SMILES string of the molecule is O=C(Cn1ccc([N+](=O)[O-])n1)NC(CO)C(O)c1ccc([N+](=O)[O-])cc1. The van der Waals surface area contributed by atoms with Crippen LogP contribution in [0.15, 0.2) is 36.5 Å². The van der Waals surface area contributed by atoms with Gasteiger partial charge in [0.15, 0.2) is 0 Å². The predicted octanol–water partition coefficient (Wildman–Crippen LogP) is -0.0898. The molecule has 12 nitrogen and oxygen atoms in total. The molecule has 0 aliphatic heterocycles. The highest BCUT2D eigenvalue weighted by molar-refractivity contribution is 5.76. The standard InChI is InChI=1S/C14H15N5O7/c20-8-11(14(22)9-1-3-10(4-2-9)18(23)24)15-13(21)7-17-6-5-12(16-17)19(25)26/h1-6,11,14,20,22H,7-8H2,(H,15,21). The number of nitro groups is 2. The van der Waals surface area contributed by atoms with E-state index in [0.717, 1.165) is 10.7 Å². The normalized spacial score (nSPS) is 13.0. The van der Waals surface area contributed by atoms with Crippen molar-refractivity contribution in [3.8, 4) is 0 Å². The van der Waals surface area contributed by atoms with Gasteiger partial charge in [-0.15, -0.1) is 0 Å². The first-order chi connectivity index (χ1) is 12.3. The Bertz CT molecular complexity index is 804. The first-order valence-electron chi connectivity index (χ1n) is 7.32. The third-order valence-corrected chi connectivity index (χ3v) is 3.49. The molecule has 1 heterocycles. The Labute approximate surface area is 146 Å². The summed E-state index contributed by atoms with van der Waals surface area (Å²) in [5, 5.41) is 46.8. The number of aliphatic hydroxyl groups excluding tert-OH is 2. The topological polar surface area (TPSA) is 174 Å². The summed E-state index contributed by atoms with van der Waals surface area (Å²) in [5.41, 5.74) is 0.107. The van der Waals surface area contributed by atoms with Gasteiger partial charge in [0.25, 0.3) is 5.69 Å². The number of amides is 1. The van der Waals surface area contributed by atoms with E-state index in [4.69, 9.17) is 0 Å². The number of nitro benzene ring substituents is 1. The first-order valence-corrected chi connectivity index (χ1v) is 7.32. The molecule has 0 fully saturated rings. The average Bonchev–Trinajstić information content (AvgIpc) is 3.07. The molecule has 2 rings (SSSR count). The lowest BCUT2D eigenvalue weighted by atomic mass is 10.0. The number of carbonyl (C=O) groups excluding carboxylic acids is 1. The molecule has 0 aliphatic rings. The Kier molecular flexibility index (Phi) is 5.93. The Morgan fingerprint density at radius 3 is 2.35 bits per heavy atom. The van der Waals surface area contributed by atoms with Crippen LogP contribution in [-0.2, 0) is 11.3 Å². The van der Waals surface area contributed by atoms with Crippen molar-refractivity contribution in [3.05, 3.63) is 62.3 Å². The van der Waals surface area contributed by atoms with Crippen LogP contribution in [0.25, 0.3) is 0 Å². The third kappa shape index (κ3) is 4.58. The van der Waals surface area contributed by atoms with Gasteiger partial charge in [-0.05, 0) is 22.6 Å². The Balaban J connectivity index is 2.01. The lowest BCUT2D eigenvalue weighted by molar-refractivity contribution is -0.389. The van der Waals surface area contributed by atoms with Gasteiger partial charge in [0, 0.05) is 12.1 Å². The zero-order chi connectivity index (χ0) is 19.3. The first kappa shape index (κ1) is 19.0. The number of rotatable bonds is 8. The van der Waals surface area contributed by atoms with E-state index in [1.165, 1.54) is 30.5 Å². The molecular weight excluding hydrogens is 350 g/mol. The lowest BCUT2D eigenvalue weighted by Gasteiger charge is -2.22. The van der Waals surface area contributed by atoms with Crippen molar-refractivity contribution in [1.29, 1.82) is 0 Å². The quantitative estimate of drug-likeness (QED) is 0.430. The molecule has 138 valence electrons. The maximum absolute atomic E-state index is 12.0. The van der Waals surface area contributed by atoms with Crippen LogP contribution in [0.3, 0.4) is 0 Å². The minimum atomic E-state index is -1.31. The van der Waals surface area contributed by atoms with E-state index in [1.54, 1.807) is 0 Å². The van der Waals surface area contributed by atoms with E-state index < -0.39 is 40.3 Å². The van der Waals surface area contributed by atoms with Crippen molar-refractivity contribution in [2.45, 2.75) is 18.7 Å². The summed E-state index contributed by atoms with van der Waals surface area (Å²) >= 11 is 0. The van der Waals surface area contributed by atoms with Crippen LogP contribution < -0.4 is 5.32 Å². The highest BCUT2D eigenvalue weighted by Gasteiger charge is 2.23. The smallest absolute Gasteiger partial charge is 0.389 e. The number of aliphatic hydroxyl groups is 2. The highest BCUT2D eigenvalue weighted by atomic mass is 16.6. The lowest BCUT2D eigenvalue weighted by Crippen LogP contribution is -2.43. The second-order valence-electron chi connectivity index (χ2n) is 5.28. The van der Waals surface area contributed by atoms with E-state index in [1.807, 2.05) is 0 Å². The number of hydrogen-bond acceptors (Lipinski definition) is 8. The van der Waals surface area contributed by atoms with Crippen molar-refractivity contribution in [2.75, 3.05) is 6.61 Å². The summed E-state index contributed by atoms with van der Waals surface area (Å²) in [7, 11) is 0. The molecule has 0 saturated carbocycles. The second kappa shape index (κ2) is 8.13. The number of non-ortho nitro benzene ring substituents is 1. The summed E-state index contributed by atoms with van der Waals surface area (Å²) in [6, 6.07) is 5.07. The summed E-state index contributed by atoms with van der Waals surface area (Å²) in [5.74, 6) is -1.05. The number of carbonyl (C=O) groups is 1. The van der Waals surface area contributed by atoms with Crippen LogP contribution in [0.5, 0.6) is 0 Å². The monoisotopic (exact) mass is 365 g/mol. The van der Waals surface area contributed by atoms with Crippen molar-refractivity contribution < 1.29 is 24.9 Å². The predicted molar refractivity (Wildman–Crippen MR) is 86.0 cm³/mol. The second-order valence-corrected chi connectivity index (χ2v) is 5.28. The van der Waals surface area contributed by atoms with E-state index in [9.17, 15) is 35.2 Å². The highest BCUT2D eigenvalue weighted by Crippen LogP contribution is 2.20. The van der Waals surface area contributed by atoms with Crippen LogP contribution in [-0.4, -0.2) is 48.4 Å². The van der Waals surface area contributed by atoms with E-state index >= 15 is 0 Å². The largest absolute Gasteiger partial charge is 0.394 e. The van der Waals surface area contributed by atoms with Gasteiger partial charge in [-0.1, -0.05) is 0 Å². The van der Waals surface area contributed by atoms with Crippen LogP contribution >= 0.6 is 0 Å². The van der Waals surface area contributed by atoms with E-state index in [2.05, 4.69) is 10.4 Å². The van der Waals surface area contributed by atoms with E-state index in [0.29, 0.717) is 0 Å². The van der Waals surface area contributed by atoms with Gasteiger partial charge in [-0.3, -0.25) is 14.9 Å². The van der Waals surface area contributed by atoms with Crippen LogP contribution in [0.4, 0.5) is 11.5 Å². The number of benzene rings is 1. The molecule has 2 aromatic rings. The van der Waals surface area contributed by atoms with Gasteiger partial charge in [-0.25, -0.2) is 0 Å². The number of aromatic nitrogens is 2. The molecule has 0 spiro atoms. The minimum Gasteiger partial charge on any atom is -0.394 e. The van der Waals surface area contributed by atoms with Crippen molar-refractivity contribution in [2.24, 2.45) is 0 Å². The van der Waals surface area contributed by atoms with Gasteiger partial charge < -0.3 is 25.6 Å². The van der Waals surface area contributed by atoms with Crippen LogP contribution in [0, 0.1) is 20.2 Å². The fraction of sp³-hybridized carbons (Fsp3) is 0.286. The molecule has 3 N–H and O–H groups in total. The molecule has 2 atom stereocenters. The average molecular weight is 365 g/mol. The molecule has 12 heteroatoms. The van der Waals surface area contributed by atoms with Gasteiger partial charge in [0.05, 0.1) is 34.9 Å². The van der Waals surface area contributed by atoms with Gasteiger partial charge in [0.1, 0.15) is 12.6 Å². The van der Waals surface area contributed by atoms with Gasteiger partial charge in [0.2, 0.25) is 5.91 Å². The molecule has 1 aromatic heterocycles. The van der Waals surface area contributed by atoms with E-state index in [-0.39, 0.29) is 17.8 Å². The van der Waals surface area contributed by atoms with Crippen molar-refractivity contribution in [3.63, 3.8) is 0 Å². The summed E-state index contributed by atoms with van der Waals surface area (Å²) < 4.78 is 1.04. The summed E-state index contributed by atoms with van der Waals surface area (Å²) in [6.07, 6.45) is -0.0602. The Morgan fingerprint density at radius 1 is 1.19 bits per heavy atom.